The first-order valence-corrected chi connectivity index (χ1v) is 18.4. The van der Waals surface area contributed by atoms with Crippen molar-refractivity contribution in [3.63, 3.8) is 0 Å². The number of rotatable bonds is 5. The molecule has 1 saturated heterocycles. The van der Waals surface area contributed by atoms with E-state index in [0.717, 1.165) is 32.1 Å². The maximum atomic E-state index is 12.6. The van der Waals surface area contributed by atoms with E-state index in [4.69, 9.17) is 14.2 Å². The van der Waals surface area contributed by atoms with E-state index in [1.807, 2.05) is 0 Å². The van der Waals surface area contributed by atoms with Crippen molar-refractivity contribution < 1.29 is 49.6 Å². The average molecular weight is 679 g/mol. The van der Waals surface area contributed by atoms with Crippen molar-refractivity contribution in [1.82, 2.24) is 0 Å². The van der Waals surface area contributed by atoms with Crippen LogP contribution in [0.2, 0.25) is 0 Å². The van der Waals surface area contributed by atoms with Crippen molar-refractivity contribution in [1.29, 1.82) is 0 Å². The minimum absolute atomic E-state index is 0.0256. The quantitative estimate of drug-likeness (QED) is 0.144. The third-order valence-electron chi connectivity index (χ3n) is 15.5. The smallest absolute Gasteiger partial charge is 0.302 e. The molecule has 0 aromatic heterocycles. The normalized spacial score (nSPS) is 54.4. The number of carbonyl (C=O) groups excluding carboxylic acids is 1. The van der Waals surface area contributed by atoms with Crippen LogP contribution in [0, 0.1) is 56.7 Å². The number of ether oxygens (including phenoxy) is 3. The molecule has 0 spiro atoms. The van der Waals surface area contributed by atoms with Crippen molar-refractivity contribution >= 4 is 5.97 Å². The molecule has 6 N–H and O–H groups in total. The fraction of sp³-hybridized carbons (Fsp3) is 0.921. The number of hydrogen-bond donors (Lipinski definition) is 6. The number of fused-ring (bicyclic) bond motifs is 7. The molecule has 1 heterocycles. The number of carbonyl (C=O) groups is 1. The summed E-state index contributed by atoms with van der Waals surface area (Å²) in [5.41, 5.74) is 0.0207. The topological polar surface area (TPSA) is 166 Å². The Kier molecular flexibility index (Phi) is 9.15. The van der Waals surface area contributed by atoms with Gasteiger partial charge in [-0.05, 0) is 95.2 Å². The molecule has 10 heteroatoms. The highest BCUT2D eigenvalue weighted by Gasteiger charge is 2.73. The second-order valence-electron chi connectivity index (χ2n) is 18.5. The van der Waals surface area contributed by atoms with E-state index >= 15 is 0 Å². The lowest BCUT2D eigenvalue weighted by molar-refractivity contribution is -0.336. The molecule has 4 saturated carbocycles. The number of hydrogen-bond acceptors (Lipinski definition) is 10. The maximum Gasteiger partial charge on any atom is 0.302 e. The van der Waals surface area contributed by atoms with Gasteiger partial charge in [-0.15, -0.1) is 0 Å². The Hall–Kier alpha value is -1.11. The van der Waals surface area contributed by atoms with Crippen LogP contribution in [0.15, 0.2) is 11.6 Å². The monoisotopic (exact) mass is 678 g/mol. The molecule has 5 aliphatic carbocycles. The number of allylic oxidation sites excluding steroid dienone is 2. The molecule has 0 aromatic carbocycles. The maximum absolute atomic E-state index is 12.6. The minimum Gasteiger partial charge on any atom is -0.460 e. The fourth-order valence-corrected chi connectivity index (χ4v) is 13.4. The van der Waals surface area contributed by atoms with Gasteiger partial charge in [0.2, 0.25) is 0 Å². The molecule has 1 aliphatic heterocycles. The number of aliphatic hydroxyl groups is 6. The predicted octanol–water partition coefficient (Wildman–Crippen LogP) is 3.33. The van der Waals surface area contributed by atoms with E-state index < -0.39 is 73.1 Å². The van der Waals surface area contributed by atoms with E-state index in [9.17, 15) is 35.4 Å². The average Bonchev–Trinajstić information content (AvgIpc) is 3.20. The summed E-state index contributed by atoms with van der Waals surface area (Å²) >= 11 is 0. The molecule has 274 valence electrons. The summed E-state index contributed by atoms with van der Waals surface area (Å²) in [4.78, 5) is 12.6. The minimum atomic E-state index is -1.57. The fourth-order valence-electron chi connectivity index (χ4n) is 13.4. The number of esters is 1. The van der Waals surface area contributed by atoms with Crippen LogP contribution in [0.1, 0.15) is 101 Å². The zero-order valence-electron chi connectivity index (χ0n) is 30.4. The molecule has 0 amide bonds. The van der Waals surface area contributed by atoms with Crippen LogP contribution in [-0.2, 0) is 19.0 Å². The summed E-state index contributed by atoms with van der Waals surface area (Å²) in [5, 5.41) is 64.7. The lowest BCUT2D eigenvalue weighted by atomic mass is 9.35. The van der Waals surface area contributed by atoms with Gasteiger partial charge in [-0.2, -0.15) is 0 Å². The van der Waals surface area contributed by atoms with Gasteiger partial charge in [0, 0.05) is 6.92 Å². The van der Waals surface area contributed by atoms with Gasteiger partial charge in [0.15, 0.2) is 6.29 Å². The van der Waals surface area contributed by atoms with Gasteiger partial charge in [-0.1, -0.05) is 67.0 Å². The van der Waals surface area contributed by atoms with Crippen LogP contribution in [-0.4, -0.2) is 98.3 Å². The first kappa shape index (κ1) is 36.7. The summed E-state index contributed by atoms with van der Waals surface area (Å²) in [7, 11) is 0. The Balaban J connectivity index is 1.36. The van der Waals surface area contributed by atoms with Gasteiger partial charge in [0.25, 0.3) is 0 Å². The van der Waals surface area contributed by atoms with Crippen LogP contribution in [0.3, 0.4) is 0 Å². The van der Waals surface area contributed by atoms with E-state index in [2.05, 4.69) is 61.5 Å². The van der Waals surface area contributed by atoms with Crippen molar-refractivity contribution in [2.75, 3.05) is 6.61 Å². The van der Waals surface area contributed by atoms with Crippen LogP contribution >= 0.6 is 0 Å². The van der Waals surface area contributed by atoms with Gasteiger partial charge >= 0.3 is 5.97 Å². The zero-order valence-corrected chi connectivity index (χ0v) is 30.4. The van der Waals surface area contributed by atoms with Crippen LogP contribution < -0.4 is 0 Å². The van der Waals surface area contributed by atoms with E-state index in [-0.39, 0.29) is 51.2 Å². The van der Waals surface area contributed by atoms with Gasteiger partial charge in [-0.25, -0.2) is 0 Å². The van der Waals surface area contributed by atoms with Gasteiger partial charge in [-0.3, -0.25) is 4.79 Å². The molecule has 0 aromatic rings. The largest absolute Gasteiger partial charge is 0.460 e. The second-order valence-corrected chi connectivity index (χ2v) is 18.5. The molecule has 6 aliphatic rings. The van der Waals surface area contributed by atoms with Gasteiger partial charge in [0.1, 0.15) is 36.6 Å². The summed E-state index contributed by atoms with van der Waals surface area (Å²) in [6, 6.07) is 0. The Bertz CT molecular complexity index is 1280. The molecule has 5 fully saturated rings. The molecule has 48 heavy (non-hydrogen) atoms. The van der Waals surface area contributed by atoms with E-state index in [1.165, 1.54) is 12.5 Å². The molecule has 6 rings (SSSR count). The highest BCUT2D eigenvalue weighted by atomic mass is 16.7. The van der Waals surface area contributed by atoms with Gasteiger partial charge < -0.3 is 44.8 Å². The predicted molar refractivity (Wildman–Crippen MR) is 177 cm³/mol. The Morgan fingerprint density at radius 3 is 2.19 bits per heavy atom. The first-order chi connectivity index (χ1) is 22.2. The van der Waals surface area contributed by atoms with Crippen molar-refractivity contribution in [3.8, 4) is 0 Å². The summed E-state index contributed by atoms with van der Waals surface area (Å²) in [6.45, 7) is 18.8. The molecular formula is C38H62O10. The lowest BCUT2D eigenvalue weighted by Gasteiger charge is -2.69. The Morgan fingerprint density at radius 2 is 1.58 bits per heavy atom. The van der Waals surface area contributed by atoms with Crippen molar-refractivity contribution in [2.24, 2.45) is 56.7 Å². The molecule has 17 atom stereocenters. The highest BCUT2D eigenvalue weighted by Crippen LogP contribution is 2.76. The SMILES string of the molecule is CC(=O)O[C@@H]1C[C@@]2(C)C3=CC[C@@]4(C)[C@@H]5[C@H](O)[C@H](O)[C@H](C(C)C)[C@]5(C)CC[C@]4(C)[C@@H]3CC[C@H]2C(C)(C)[C@H]1O[C@H]1O[C@@H](CO)[C@H](O)[C@@H](O)[C@@H]1O. The molecule has 0 unspecified atom stereocenters. The Morgan fingerprint density at radius 1 is 0.917 bits per heavy atom. The molecule has 10 nitrogen and oxygen atoms in total. The molecule has 0 bridgehead atoms. The molecular weight excluding hydrogens is 616 g/mol. The second kappa shape index (κ2) is 12.0. The van der Waals surface area contributed by atoms with Crippen LogP contribution in [0.4, 0.5) is 0 Å². The standard InChI is InChI=1S/C38H62O10/c1-18(2)25-27(42)29(44)31-35(25,6)14-15-37(8)21-10-11-24-34(4,5)32(48-33-30(45)28(43)26(41)23(17-39)47-33)22(46-19(3)40)16-36(24,7)20(21)12-13-38(31,37)9/h12,18,21-33,39,41-45H,10-11,13-17H2,1-9H3/t21-,22-,23+,24+,25+,26+,27-,28-,29-,30+,31-,32+,33-,35+,36+,37-,38+/m1/s1. The third-order valence-corrected chi connectivity index (χ3v) is 15.5. The van der Waals surface area contributed by atoms with E-state index in [0.29, 0.717) is 6.42 Å². The lowest BCUT2D eigenvalue weighted by Crippen LogP contribution is -2.66. The highest BCUT2D eigenvalue weighted by molar-refractivity contribution is 5.66. The van der Waals surface area contributed by atoms with Crippen LogP contribution in [0.25, 0.3) is 0 Å². The zero-order chi connectivity index (χ0) is 35.5. The van der Waals surface area contributed by atoms with E-state index in [1.54, 1.807) is 0 Å². The summed E-state index contributed by atoms with van der Waals surface area (Å²) in [6.07, 6.45) is -2.37. The first-order valence-electron chi connectivity index (χ1n) is 18.4. The Labute approximate surface area is 286 Å². The summed E-state index contributed by atoms with van der Waals surface area (Å²) < 4.78 is 18.3. The third kappa shape index (κ3) is 4.90. The molecule has 0 radical (unpaired) electrons. The number of aliphatic hydroxyl groups excluding tert-OH is 6. The van der Waals surface area contributed by atoms with Crippen molar-refractivity contribution in [3.05, 3.63) is 11.6 Å². The summed E-state index contributed by atoms with van der Waals surface area (Å²) in [5.74, 6) is 0.234. The van der Waals surface area contributed by atoms with Crippen LogP contribution in [0.5, 0.6) is 0 Å². The van der Waals surface area contributed by atoms with Gasteiger partial charge in [0.05, 0.1) is 18.8 Å². The van der Waals surface area contributed by atoms with Crippen molar-refractivity contribution in [2.45, 2.75) is 156 Å².